The van der Waals surface area contributed by atoms with E-state index in [0.29, 0.717) is 12.0 Å². The van der Waals surface area contributed by atoms with Crippen LogP contribution in [0.5, 0.6) is 0 Å². The summed E-state index contributed by atoms with van der Waals surface area (Å²) in [4.78, 5) is 22.2. The average molecular weight is 218 g/mol. The fourth-order valence-corrected chi connectivity index (χ4v) is 1.16. The summed E-state index contributed by atoms with van der Waals surface area (Å²) in [6.07, 6.45) is 3.76. The molecule has 3 heteroatoms. The van der Waals surface area contributed by atoms with E-state index in [1.807, 2.05) is 6.92 Å². The summed E-state index contributed by atoms with van der Waals surface area (Å²) in [5.74, 6) is -0.280. The molecule has 1 rings (SSSR count). The predicted octanol–water partition coefficient (Wildman–Crippen LogP) is 2.47. The van der Waals surface area contributed by atoms with E-state index in [9.17, 15) is 9.59 Å². The van der Waals surface area contributed by atoms with Gasteiger partial charge in [-0.25, -0.2) is 4.79 Å². The highest BCUT2D eigenvalue weighted by molar-refractivity contribution is 5.93. The van der Waals surface area contributed by atoms with E-state index in [0.717, 1.165) is 5.56 Å². The van der Waals surface area contributed by atoms with Gasteiger partial charge in [-0.15, -0.1) is 0 Å². The van der Waals surface area contributed by atoms with E-state index < -0.39 is 0 Å². The molecule has 0 aromatic heterocycles. The second-order valence-electron chi connectivity index (χ2n) is 3.27. The monoisotopic (exact) mass is 218 g/mol. The number of allylic oxidation sites excluding steroid dienone is 1. The summed E-state index contributed by atoms with van der Waals surface area (Å²) in [7, 11) is 1.34. The summed E-state index contributed by atoms with van der Waals surface area (Å²) in [6.45, 7) is 1.81. The summed E-state index contributed by atoms with van der Waals surface area (Å²) in [5.41, 5.74) is 1.39. The predicted molar refractivity (Wildman–Crippen MR) is 62.1 cm³/mol. The van der Waals surface area contributed by atoms with Crippen molar-refractivity contribution in [1.29, 1.82) is 0 Å². The van der Waals surface area contributed by atoms with Crippen LogP contribution in [0.2, 0.25) is 0 Å². The molecule has 0 fully saturated rings. The lowest BCUT2D eigenvalue weighted by molar-refractivity contribution is -0.114. The molecule has 0 radical (unpaired) electrons. The molecule has 0 heterocycles. The van der Waals surface area contributed by atoms with Crippen LogP contribution in [-0.2, 0) is 9.53 Å². The number of benzene rings is 1. The van der Waals surface area contributed by atoms with Crippen molar-refractivity contribution in [3.8, 4) is 0 Å². The van der Waals surface area contributed by atoms with Gasteiger partial charge in [-0.3, -0.25) is 4.79 Å². The molecule has 0 N–H and O–H groups in total. The molecule has 0 saturated heterocycles. The smallest absolute Gasteiger partial charge is 0.337 e. The average Bonchev–Trinajstić information content (AvgIpc) is 2.35. The third-order valence-corrected chi connectivity index (χ3v) is 2.14. The Kier molecular flexibility index (Phi) is 4.45. The molecule has 0 aliphatic rings. The quantitative estimate of drug-likeness (QED) is 0.576. The van der Waals surface area contributed by atoms with Gasteiger partial charge in [0.25, 0.3) is 0 Å². The van der Waals surface area contributed by atoms with Crippen LogP contribution in [0.15, 0.2) is 30.3 Å². The van der Waals surface area contributed by atoms with Crippen LogP contribution in [0.25, 0.3) is 6.08 Å². The number of hydrogen-bond donors (Lipinski definition) is 0. The molecule has 0 amide bonds. The Bertz CT molecular complexity index is 402. The number of rotatable bonds is 4. The van der Waals surface area contributed by atoms with E-state index in [-0.39, 0.29) is 11.8 Å². The van der Waals surface area contributed by atoms with Crippen LogP contribution in [0.3, 0.4) is 0 Å². The van der Waals surface area contributed by atoms with Gasteiger partial charge in [-0.2, -0.15) is 0 Å². The molecule has 0 aliphatic carbocycles. The summed E-state index contributed by atoms with van der Waals surface area (Å²) >= 11 is 0. The van der Waals surface area contributed by atoms with Gasteiger partial charge in [0, 0.05) is 6.42 Å². The Labute approximate surface area is 94.7 Å². The minimum Gasteiger partial charge on any atom is -0.465 e. The van der Waals surface area contributed by atoms with Gasteiger partial charge in [0.2, 0.25) is 0 Å². The molecular weight excluding hydrogens is 204 g/mol. The number of methoxy groups -OCH3 is 1. The number of ether oxygens (including phenoxy) is 1. The molecule has 84 valence electrons. The Morgan fingerprint density at radius 2 is 1.88 bits per heavy atom. The van der Waals surface area contributed by atoms with Crippen LogP contribution in [0.4, 0.5) is 0 Å². The lowest BCUT2D eigenvalue weighted by Crippen LogP contribution is -2.00. The van der Waals surface area contributed by atoms with Crippen molar-refractivity contribution in [2.24, 2.45) is 0 Å². The van der Waals surface area contributed by atoms with E-state index in [4.69, 9.17) is 0 Å². The molecule has 16 heavy (non-hydrogen) atoms. The lowest BCUT2D eigenvalue weighted by Gasteiger charge is -1.99. The third kappa shape index (κ3) is 3.35. The first-order chi connectivity index (χ1) is 7.67. The number of hydrogen-bond acceptors (Lipinski definition) is 3. The standard InChI is InChI=1S/C13H14O3/c1-3-12(14)9-6-10-4-7-11(8-5-10)13(15)16-2/h4-9H,3H2,1-2H3. The van der Waals surface area contributed by atoms with Crippen molar-refractivity contribution in [1.82, 2.24) is 0 Å². The third-order valence-electron chi connectivity index (χ3n) is 2.14. The molecule has 1 aromatic rings. The normalized spacial score (nSPS) is 10.4. The highest BCUT2D eigenvalue weighted by atomic mass is 16.5. The largest absolute Gasteiger partial charge is 0.465 e. The van der Waals surface area contributed by atoms with E-state index in [1.165, 1.54) is 13.2 Å². The maximum atomic E-state index is 11.1. The fraction of sp³-hybridized carbons (Fsp3) is 0.231. The van der Waals surface area contributed by atoms with Gasteiger partial charge in [0.15, 0.2) is 5.78 Å². The highest BCUT2D eigenvalue weighted by Gasteiger charge is 2.03. The second-order valence-corrected chi connectivity index (χ2v) is 3.27. The van der Waals surface area contributed by atoms with Crippen LogP contribution in [-0.4, -0.2) is 18.9 Å². The van der Waals surface area contributed by atoms with Crippen molar-refractivity contribution in [2.75, 3.05) is 7.11 Å². The van der Waals surface area contributed by atoms with Gasteiger partial charge in [0.1, 0.15) is 0 Å². The topological polar surface area (TPSA) is 43.4 Å². The maximum Gasteiger partial charge on any atom is 0.337 e. The molecule has 3 nitrogen and oxygen atoms in total. The number of carbonyl (C=O) groups excluding carboxylic acids is 2. The van der Waals surface area contributed by atoms with Gasteiger partial charge >= 0.3 is 5.97 Å². The molecule has 0 unspecified atom stereocenters. The van der Waals surface area contributed by atoms with Crippen molar-refractivity contribution < 1.29 is 14.3 Å². The van der Waals surface area contributed by atoms with Crippen LogP contribution in [0.1, 0.15) is 29.3 Å². The van der Waals surface area contributed by atoms with E-state index in [1.54, 1.807) is 30.3 Å². The zero-order valence-electron chi connectivity index (χ0n) is 9.40. The molecule has 0 bridgehead atoms. The molecule has 0 atom stereocenters. The summed E-state index contributed by atoms with van der Waals surface area (Å²) in [5, 5.41) is 0. The van der Waals surface area contributed by atoms with Gasteiger partial charge in [-0.05, 0) is 23.8 Å². The first-order valence-electron chi connectivity index (χ1n) is 5.06. The van der Waals surface area contributed by atoms with Crippen LogP contribution >= 0.6 is 0 Å². The Morgan fingerprint density at radius 1 is 1.25 bits per heavy atom. The van der Waals surface area contributed by atoms with Gasteiger partial charge in [0.05, 0.1) is 12.7 Å². The van der Waals surface area contributed by atoms with Crippen LogP contribution < -0.4 is 0 Å². The number of ketones is 1. The van der Waals surface area contributed by atoms with Crippen molar-refractivity contribution in [2.45, 2.75) is 13.3 Å². The van der Waals surface area contributed by atoms with Gasteiger partial charge < -0.3 is 4.74 Å². The minimum atomic E-state index is -0.361. The van der Waals surface area contributed by atoms with Crippen molar-refractivity contribution >= 4 is 17.8 Å². The highest BCUT2D eigenvalue weighted by Crippen LogP contribution is 2.07. The molecule has 1 aromatic carbocycles. The molecule has 0 saturated carbocycles. The first-order valence-corrected chi connectivity index (χ1v) is 5.06. The lowest BCUT2D eigenvalue weighted by atomic mass is 10.1. The fourth-order valence-electron chi connectivity index (χ4n) is 1.16. The molecule has 0 spiro atoms. The van der Waals surface area contributed by atoms with Gasteiger partial charge in [-0.1, -0.05) is 25.1 Å². The van der Waals surface area contributed by atoms with E-state index in [2.05, 4.69) is 4.74 Å². The zero-order chi connectivity index (χ0) is 12.0. The Hall–Kier alpha value is -1.90. The summed E-state index contributed by atoms with van der Waals surface area (Å²) < 4.78 is 4.58. The van der Waals surface area contributed by atoms with Crippen LogP contribution in [0, 0.1) is 0 Å². The number of esters is 1. The first kappa shape index (κ1) is 12.2. The van der Waals surface area contributed by atoms with Crippen molar-refractivity contribution in [3.63, 3.8) is 0 Å². The second kappa shape index (κ2) is 5.85. The molecule has 0 aliphatic heterocycles. The molecular formula is C13H14O3. The van der Waals surface area contributed by atoms with E-state index >= 15 is 0 Å². The Morgan fingerprint density at radius 3 is 2.38 bits per heavy atom. The number of carbonyl (C=O) groups is 2. The maximum absolute atomic E-state index is 11.1. The van der Waals surface area contributed by atoms with Crippen molar-refractivity contribution in [3.05, 3.63) is 41.5 Å². The minimum absolute atomic E-state index is 0.0806. The Balaban J connectivity index is 2.75. The SMILES string of the molecule is CCC(=O)C=Cc1ccc(C(=O)OC)cc1. The zero-order valence-corrected chi connectivity index (χ0v) is 9.40. The summed E-state index contributed by atoms with van der Waals surface area (Å²) in [6, 6.07) is 6.88.